The lowest BCUT2D eigenvalue weighted by molar-refractivity contribution is -0.118. The molecule has 0 aliphatic carbocycles. The van der Waals surface area contributed by atoms with Crippen molar-refractivity contribution in [3.8, 4) is 5.75 Å². The molecule has 1 unspecified atom stereocenters. The normalized spacial score (nSPS) is 12.2. The van der Waals surface area contributed by atoms with E-state index in [0.717, 1.165) is 10.0 Å². The van der Waals surface area contributed by atoms with E-state index in [4.69, 9.17) is 4.74 Å². The van der Waals surface area contributed by atoms with E-state index >= 15 is 0 Å². The highest BCUT2D eigenvalue weighted by Crippen LogP contribution is 2.22. The molecule has 0 heterocycles. The van der Waals surface area contributed by atoms with Crippen LogP contribution >= 0.6 is 15.9 Å². The molecule has 3 rings (SSSR count). The predicted octanol–water partition coefficient (Wildman–Crippen LogP) is 4.51. The molecule has 0 saturated carbocycles. The number of para-hydroxylation sites is 1. The third-order valence-electron chi connectivity index (χ3n) is 4.28. The zero-order valence-electron chi connectivity index (χ0n) is 16.2. The number of rotatable bonds is 8. The SMILES string of the molecule is CC(NS(=O)(=O)c1ccc(OCC(=O)Nc2ccccc2Br)cc1)c1ccccc1. The van der Waals surface area contributed by atoms with Gasteiger partial charge in [0.05, 0.1) is 10.6 Å². The molecular weight excluding hydrogens is 468 g/mol. The van der Waals surface area contributed by atoms with Gasteiger partial charge >= 0.3 is 0 Å². The van der Waals surface area contributed by atoms with Crippen molar-refractivity contribution in [1.29, 1.82) is 0 Å². The maximum Gasteiger partial charge on any atom is 0.262 e. The molecule has 2 N–H and O–H groups in total. The number of ether oxygens (including phenoxy) is 1. The first-order valence-electron chi connectivity index (χ1n) is 9.20. The number of nitrogens with one attached hydrogen (secondary N) is 2. The summed E-state index contributed by atoms with van der Waals surface area (Å²) >= 11 is 3.36. The number of carbonyl (C=O) groups excluding carboxylic acids is 1. The minimum absolute atomic E-state index is 0.121. The van der Waals surface area contributed by atoms with Crippen LogP contribution in [0.1, 0.15) is 18.5 Å². The number of hydrogen-bond acceptors (Lipinski definition) is 4. The molecule has 0 aromatic heterocycles. The Kier molecular flexibility index (Phi) is 7.25. The standard InChI is InChI=1S/C22H21BrN2O4S/c1-16(17-7-3-2-4-8-17)25-30(27,28)19-13-11-18(12-14-19)29-15-22(26)24-21-10-6-5-9-20(21)23/h2-14,16,25H,15H2,1H3,(H,24,26). The van der Waals surface area contributed by atoms with Crippen LogP contribution in [0.25, 0.3) is 0 Å². The first-order chi connectivity index (χ1) is 14.3. The van der Waals surface area contributed by atoms with Crippen LogP contribution in [-0.4, -0.2) is 20.9 Å². The fourth-order valence-corrected chi connectivity index (χ4v) is 4.34. The highest BCUT2D eigenvalue weighted by Gasteiger charge is 2.18. The van der Waals surface area contributed by atoms with Crippen LogP contribution in [-0.2, 0) is 14.8 Å². The molecule has 156 valence electrons. The summed E-state index contributed by atoms with van der Waals surface area (Å²) in [4.78, 5) is 12.2. The Morgan fingerprint density at radius 1 is 0.967 bits per heavy atom. The first kappa shape index (κ1) is 22.0. The smallest absolute Gasteiger partial charge is 0.262 e. The summed E-state index contributed by atoms with van der Waals surface area (Å²) in [5, 5.41) is 2.74. The number of benzene rings is 3. The lowest BCUT2D eigenvalue weighted by Gasteiger charge is -2.15. The second-order valence-electron chi connectivity index (χ2n) is 6.54. The lowest BCUT2D eigenvalue weighted by Crippen LogP contribution is -2.26. The molecule has 0 aliphatic rings. The van der Waals surface area contributed by atoms with Crippen LogP contribution < -0.4 is 14.8 Å². The Balaban J connectivity index is 1.57. The highest BCUT2D eigenvalue weighted by atomic mass is 79.9. The number of anilines is 1. The minimum Gasteiger partial charge on any atom is -0.484 e. The molecule has 1 amide bonds. The van der Waals surface area contributed by atoms with Gasteiger partial charge in [-0.15, -0.1) is 0 Å². The molecule has 0 bridgehead atoms. The van der Waals surface area contributed by atoms with E-state index < -0.39 is 10.0 Å². The number of sulfonamides is 1. The van der Waals surface area contributed by atoms with Gasteiger partial charge in [0.25, 0.3) is 5.91 Å². The van der Waals surface area contributed by atoms with Gasteiger partial charge < -0.3 is 10.1 Å². The number of amides is 1. The Bertz CT molecular complexity index is 1100. The van der Waals surface area contributed by atoms with Crippen LogP contribution in [0.3, 0.4) is 0 Å². The maximum atomic E-state index is 12.6. The Morgan fingerprint density at radius 2 is 1.60 bits per heavy atom. The second-order valence-corrected chi connectivity index (χ2v) is 9.11. The molecule has 3 aromatic rings. The molecule has 0 saturated heterocycles. The first-order valence-corrected chi connectivity index (χ1v) is 11.5. The van der Waals surface area contributed by atoms with E-state index in [1.165, 1.54) is 24.3 Å². The summed E-state index contributed by atoms with van der Waals surface area (Å²) in [7, 11) is -3.69. The van der Waals surface area contributed by atoms with Gasteiger partial charge in [-0.25, -0.2) is 13.1 Å². The zero-order valence-corrected chi connectivity index (χ0v) is 18.6. The van der Waals surface area contributed by atoms with Gasteiger partial charge in [0.2, 0.25) is 10.0 Å². The summed E-state index contributed by atoms with van der Waals surface area (Å²) in [5.41, 5.74) is 1.52. The van der Waals surface area contributed by atoms with Gasteiger partial charge in [-0.2, -0.15) is 0 Å². The molecule has 0 fully saturated rings. The average Bonchev–Trinajstić information content (AvgIpc) is 2.74. The summed E-state index contributed by atoms with van der Waals surface area (Å²) in [6, 6.07) is 22.1. The van der Waals surface area contributed by atoms with Gasteiger partial charge in [0.15, 0.2) is 6.61 Å². The summed E-state index contributed by atoms with van der Waals surface area (Å²) < 4.78 is 34.1. The molecule has 6 nitrogen and oxygen atoms in total. The van der Waals surface area contributed by atoms with E-state index in [-0.39, 0.29) is 23.5 Å². The zero-order chi connectivity index (χ0) is 21.6. The van der Waals surface area contributed by atoms with Crippen molar-refractivity contribution in [3.05, 3.63) is 88.9 Å². The van der Waals surface area contributed by atoms with Crippen molar-refractivity contribution < 1.29 is 17.9 Å². The fraction of sp³-hybridized carbons (Fsp3) is 0.136. The largest absolute Gasteiger partial charge is 0.484 e. The number of halogens is 1. The van der Waals surface area contributed by atoms with Crippen molar-refractivity contribution in [2.45, 2.75) is 17.9 Å². The van der Waals surface area contributed by atoms with Crippen molar-refractivity contribution >= 4 is 37.5 Å². The summed E-state index contributed by atoms with van der Waals surface area (Å²) in [6.45, 7) is 1.59. The minimum atomic E-state index is -3.69. The molecule has 0 aliphatic heterocycles. The molecular formula is C22H21BrN2O4S. The molecule has 30 heavy (non-hydrogen) atoms. The summed E-state index contributed by atoms with van der Waals surface area (Å²) in [6.07, 6.45) is 0. The van der Waals surface area contributed by atoms with E-state index in [0.29, 0.717) is 11.4 Å². The van der Waals surface area contributed by atoms with Crippen molar-refractivity contribution in [1.82, 2.24) is 4.72 Å². The third kappa shape index (κ3) is 5.91. The van der Waals surface area contributed by atoms with Gasteiger partial charge in [-0.3, -0.25) is 4.79 Å². The third-order valence-corrected chi connectivity index (χ3v) is 6.53. The average molecular weight is 489 g/mol. The van der Waals surface area contributed by atoms with Gasteiger partial charge in [-0.05, 0) is 64.8 Å². The molecule has 1 atom stereocenters. The Hall–Kier alpha value is -2.68. The Labute approximate surface area is 184 Å². The second kappa shape index (κ2) is 9.88. The quantitative estimate of drug-likeness (QED) is 0.488. The number of carbonyl (C=O) groups is 1. The van der Waals surface area contributed by atoms with Gasteiger partial charge in [-0.1, -0.05) is 42.5 Å². The molecule has 8 heteroatoms. The van der Waals surface area contributed by atoms with E-state index in [1.807, 2.05) is 48.5 Å². The van der Waals surface area contributed by atoms with Crippen LogP contribution in [0.15, 0.2) is 88.2 Å². The van der Waals surface area contributed by atoms with Crippen LogP contribution in [0, 0.1) is 0 Å². The monoisotopic (exact) mass is 488 g/mol. The van der Waals surface area contributed by atoms with Crippen molar-refractivity contribution in [3.63, 3.8) is 0 Å². The van der Waals surface area contributed by atoms with Gasteiger partial charge in [0.1, 0.15) is 5.75 Å². The molecule has 0 radical (unpaired) electrons. The van der Waals surface area contributed by atoms with E-state index in [2.05, 4.69) is 26.0 Å². The van der Waals surface area contributed by atoms with Crippen LogP contribution in [0.2, 0.25) is 0 Å². The predicted molar refractivity (Wildman–Crippen MR) is 120 cm³/mol. The fourth-order valence-electron chi connectivity index (χ4n) is 2.72. The molecule has 3 aromatic carbocycles. The molecule has 0 spiro atoms. The Morgan fingerprint density at radius 3 is 2.27 bits per heavy atom. The number of hydrogen-bond donors (Lipinski definition) is 2. The summed E-state index contributed by atoms with van der Waals surface area (Å²) in [5.74, 6) is 0.0734. The van der Waals surface area contributed by atoms with Crippen LogP contribution in [0.5, 0.6) is 5.75 Å². The lowest BCUT2D eigenvalue weighted by atomic mass is 10.1. The van der Waals surface area contributed by atoms with Crippen LogP contribution in [0.4, 0.5) is 5.69 Å². The highest BCUT2D eigenvalue weighted by molar-refractivity contribution is 9.10. The van der Waals surface area contributed by atoms with E-state index in [9.17, 15) is 13.2 Å². The maximum absolute atomic E-state index is 12.6. The van der Waals surface area contributed by atoms with E-state index in [1.54, 1.807) is 13.0 Å². The topological polar surface area (TPSA) is 84.5 Å². The van der Waals surface area contributed by atoms with Gasteiger partial charge in [0, 0.05) is 10.5 Å². The van der Waals surface area contributed by atoms with Crippen molar-refractivity contribution in [2.75, 3.05) is 11.9 Å². The van der Waals surface area contributed by atoms with Crippen molar-refractivity contribution in [2.24, 2.45) is 0 Å².